The molecule has 0 saturated heterocycles. The van der Waals surface area contributed by atoms with Gasteiger partial charge in [0, 0.05) is 0 Å². The van der Waals surface area contributed by atoms with E-state index in [4.69, 9.17) is 4.52 Å². The minimum Gasteiger partial charge on any atom is -0.444 e. The second-order valence-electron chi connectivity index (χ2n) is 4.84. The smallest absolute Gasteiger partial charge is 0.240 e. The zero-order chi connectivity index (χ0) is 13.8. The summed E-state index contributed by atoms with van der Waals surface area (Å²) in [4.78, 5) is 0. The Labute approximate surface area is 115 Å². The van der Waals surface area contributed by atoms with Gasteiger partial charge in [0.2, 0.25) is 8.03 Å². The van der Waals surface area contributed by atoms with E-state index in [2.05, 4.69) is 32.9 Å². The molecular weight excluding hydrogens is 255 g/mol. The maximum atomic E-state index is 12.1. The lowest BCUT2D eigenvalue weighted by molar-refractivity contribution is 0.504. The van der Waals surface area contributed by atoms with Crippen LogP contribution in [0, 0.1) is 20.8 Å². The van der Waals surface area contributed by atoms with E-state index in [1.807, 2.05) is 30.3 Å². The van der Waals surface area contributed by atoms with Gasteiger partial charge < -0.3 is 4.52 Å². The van der Waals surface area contributed by atoms with Crippen molar-refractivity contribution in [3.63, 3.8) is 0 Å². The molecule has 0 fully saturated rings. The van der Waals surface area contributed by atoms with Crippen LogP contribution in [0.1, 0.15) is 22.3 Å². The summed E-state index contributed by atoms with van der Waals surface area (Å²) in [5.74, 6) is 0.675. The molecule has 1 atom stereocenters. The van der Waals surface area contributed by atoms with Gasteiger partial charge >= 0.3 is 0 Å². The first-order valence-electron chi connectivity index (χ1n) is 6.38. The molecule has 19 heavy (non-hydrogen) atoms. The highest BCUT2D eigenvalue weighted by atomic mass is 31.1. The fourth-order valence-electron chi connectivity index (χ4n) is 2.29. The summed E-state index contributed by atoms with van der Waals surface area (Å²) in [7, 11) is -2.10. The molecule has 0 spiro atoms. The number of hydrogen-bond acceptors (Lipinski definition) is 2. The van der Waals surface area contributed by atoms with E-state index in [0.717, 1.165) is 5.56 Å². The second kappa shape index (κ2) is 6.08. The van der Waals surface area contributed by atoms with E-state index in [-0.39, 0.29) is 0 Å². The number of para-hydroxylation sites is 1. The van der Waals surface area contributed by atoms with Gasteiger partial charge in [-0.05, 0) is 49.6 Å². The Morgan fingerprint density at radius 1 is 1.00 bits per heavy atom. The van der Waals surface area contributed by atoms with Gasteiger partial charge in [0.05, 0.1) is 6.16 Å². The Balaban J connectivity index is 2.12. The van der Waals surface area contributed by atoms with Crippen LogP contribution in [0.2, 0.25) is 0 Å². The van der Waals surface area contributed by atoms with Crippen LogP contribution >= 0.6 is 8.03 Å². The van der Waals surface area contributed by atoms with E-state index in [9.17, 15) is 4.57 Å². The van der Waals surface area contributed by atoms with Crippen LogP contribution in [-0.4, -0.2) is 0 Å². The summed E-state index contributed by atoms with van der Waals surface area (Å²) >= 11 is 0. The summed E-state index contributed by atoms with van der Waals surface area (Å²) in [6, 6.07) is 13.6. The molecule has 100 valence electrons. The fraction of sp³-hybridized carbons (Fsp3) is 0.250. The summed E-state index contributed by atoms with van der Waals surface area (Å²) in [6.07, 6.45) is 0.498. The third kappa shape index (κ3) is 3.71. The molecule has 0 N–H and O–H groups in total. The normalized spacial score (nSPS) is 12.2. The quantitative estimate of drug-likeness (QED) is 0.757. The van der Waals surface area contributed by atoms with Crippen molar-refractivity contribution < 1.29 is 9.09 Å². The first-order chi connectivity index (χ1) is 9.06. The lowest BCUT2D eigenvalue weighted by atomic mass is 10.0. The van der Waals surface area contributed by atoms with E-state index in [0.29, 0.717) is 11.9 Å². The monoisotopic (exact) mass is 274 g/mol. The van der Waals surface area contributed by atoms with Crippen LogP contribution in [0.5, 0.6) is 5.75 Å². The Morgan fingerprint density at radius 3 is 2.16 bits per heavy atom. The first kappa shape index (κ1) is 13.9. The first-order valence-corrected chi connectivity index (χ1v) is 7.91. The second-order valence-corrected chi connectivity index (χ2v) is 6.14. The molecule has 0 amide bonds. The highest BCUT2D eigenvalue weighted by Crippen LogP contribution is 2.33. The Bertz CT molecular complexity index is 568. The number of aryl methyl sites for hydroxylation is 3. The summed E-state index contributed by atoms with van der Waals surface area (Å²) < 4.78 is 17.6. The van der Waals surface area contributed by atoms with Gasteiger partial charge in [0.25, 0.3) is 0 Å². The molecule has 1 unspecified atom stereocenters. The van der Waals surface area contributed by atoms with Gasteiger partial charge in [-0.15, -0.1) is 0 Å². The number of benzene rings is 2. The van der Waals surface area contributed by atoms with Crippen LogP contribution < -0.4 is 4.52 Å². The Hall–Kier alpha value is -1.53. The molecule has 0 aliphatic carbocycles. The summed E-state index contributed by atoms with van der Waals surface area (Å²) in [5.41, 5.74) is 4.76. The molecule has 0 aliphatic heterocycles. The van der Waals surface area contributed by atoms with E-state index in [1.165, 1.54) is 16.7 Å². The van der Waals surface area contributed by atoms with E-state index < -0.39 is 8.03 Å². The van der Waals surface area contributed by atoms with Crippen LogP contribution in [-0.2, 0) is 10.7 Å². The maximum absolute atomic E-state index is 12.1. The average Bonchev–Trinajstić information content (AvgIpc) is 2.35. The minimum atomic E-state index is -2.10. The highest BCUT2D eigenvalue weighted by Gasteiger charge is 2.09. The molecule has 0 heterocycles. The third-order valence-electron chi connectivity index (χ3n) is 3.14. The molecule has 2 rings (SSSR count). The van der Waals surface area contributed by atoms with Gasteiger partial charge in [0.15, 0.2) is 0 Å². The predicted octanol–water partition coefficient (Wildman–Crippen LogP) is 4.67. The topological polar surface area (TPSA) is 26.3 Å². The Morgan fingerprint density at radius 2 is 1.58 bits per heavy atom. The van der Waals surface area contributed by atoms with Crippen LogP contribution in [0.4, 0.5) is 0 Å². The van der Waals surface area contributed by atoms with Gasteiger partial charge in [-0.3, -0.25) is 4.57 Å². The van der Waals surface area contributed by atoms with Gasteiger partial charge in [-0.1, -0.05) is 35.9 Å². The number of hydrogen-bond donors (Lipinski definition) is 0. The summed E-state index contributed by atoms with van der Waals surface area (Å²) in [5, 5.41) is 0. The highest BCUT2D eigenvalue weighted by molar-refractivity contribution is 7.38. The molecule has 2 aromatic carbocycles. The lowest BCUT2D eigenvalue weighted by Gasteiger charge is -2.12. The molecular formula is C16H19O2P. The van der Waals surface area contributed by atoms with Crippen molar-refractivity contribution in [1.29, 1.82) is 0 Å². The van der Waals surface area contributed by atoms with Crippen LogP contribution in [0.25, 0.3) is 0 Å². The third-order valence-corrected chi connectivity index (χ3v) is 4.24. The standard InChI is InChI=1S/C16H19O2P/c1-12-9-13(2)16(14(3)10-12)11-19(17)18-15-7-5-4-6-8-15/h4-10,19H,11H2,1-3H3. The molecule has 0 aliphatic rings. The van der Waals surface area contributed by atoms with Crippen LogP contribution in [0.15, 0.2) is 42.5 Å². The zero-order valence-corrected chi connectivity index (χ0v) is 12.6. The van der Waals surface area contributed by atoms with Crippen LogP contribution in [0.3, 0.4) is 0 Å². The van der Waals surface area contributed by atoms with Crippen molar-refractivity contribution in [2.24, 2.45) is 0 Å². The molecule has 0 aromatic heterocycles. The molecule has 3 heteroatoms. The van der Waals surface area contributed by atoms with Crippen molar-refractivity contribution in [3.8, 4) is 5.75 Å². The molecule has 0 bridgehead atoms. The lowest BCUT2D eigenvalue weighted by Crippen LogP contribution is -1.94. The molecule has 0 saturated carbocycles. The zero-order valence-electron chi connectivity index (χ0n) is 11.6. The van der Waals surface area contributed by atoms with Crippen molar-refractivity contribution in [2.45, 2.75) is 26.9 Å². The van der Waals surface area contributed by atoms with Gasteiger partial charge in [0.1, 0.15) is 5.75 Å². The summed E-state index contributed by atoms with van der Waals surface area (Å²) in [6.45, 7) is 6.20. The van der Waals surface area contributed by atoms with Crippen molar-refractivity contribution in [2.75, 3.05) is 0 Å². The molecule has 2 nitrogen and oxygen atoms in total. The molecule has 0 radical (unpaired) electrons. The predicted molar refractivity (Wildman–Crippen MR) is 80.4 cm³/mol. The van der Waals surface area contributed by atoms with Crippen molar-refractivity contribution >= 4 is 8.03 Å². The minimum absolute atomic E-state index is 0.498. The molecule has 2 aromatic rings. The SMILES string of the molecule is Cc1cc(C)c(C[PH](=O)Oc2ccccc2)c(C)c1. The number of rotatable bonds is 4. The van der Waals surface area contributed by atoms with E-state index >= 15 is 0 Å². The Kier molecular flexibility index (Phi) is 4.44. The van der Waals surface area contributed by atoms with Gasteiger partial charge in [-0.25, -0.2) is 0 Å². The van der Waals surface area contributed by atoms with Crippen molar-refractivity contribution in [1.82, 2.24) is 0 Å². The average molecular weight is 274 g/mol. The van der Waals surface area contributed by atoms with Crippen molar-refractivity contribution in [3.05, 3.63) is 64.7 Å². The van der Waals surface area contributed by atoms with E-state index in [1.54, 1.807) is 0 Å². The maximum Gasteiger partial charge on any atom is 0.240 e. The van der Waals surface area contributed by atoms with Gasteiger partial charge in [-0.2, -0.15) is 0 Å². The largest absolute Gasteiger partial charge is 0.444 e. The fourth-order valence-corrected chi connectivity index (χ4v) is 3.61.